The molecule has 2 rings (SSSR count). The molecule has 0 aromatic heterocycles. The summed E-state index contributed by atoms with van der Waals surface area (Å²) in [6.45, 7) is 9.63. The van der Waals surface area contributed by atoms with Crippen LogP contribution in [0.3, 0.4) is 0 Å². The lowest BCUT2D eigenvalue weighted by Gasteiger charge is -2.20. The molecule has 1 aliphatic carbocycles. The molecule has 1 fully saturated rings. The Kier molecular flexibility index (Phi) is 9.46. The van der Waals surface area contributed by atoms with E-state index in [1.807, 2.05) is 39.8 Å². The Hall–Kier alpha value is -1.58. The number of ether oxygens (including phenoxy) is 1. The van der Waals surface area contributed by atoms with Crippen LogP contribution in [-0.4, -0.2) is 43.8 Å². The van der Waals surface area contributed by atoms with Crippen LogP contribution in [0.2, 0.25) is 0 Å². The average Bonchev–Trinajstić information content (AvgIpc) is 3.36. The van der Waals surface area contributed by atoms with Crippen molar-refractivity contribution in [2.75, 3.05) is 26.2 Å². The first kappa shape index (κ1) is 24.5. The normalized spacial score (nSPS) is 15.2. The van der Waals surface area contributed by atoms with E-state index in [2.05, 4.69) is 20.9 Å². The first-order valence-corrected chi connectivity index (χ1v) is 9.50. The first-order valence-electron chi connectivity index (χ1n) is 9.50. The molecule has 0 unspecified atom stereocenters. The molecule has 3 N–H and O–H groups in total. The molecular weight excluding hydrogens is 474 g/mol. The summed E-state index contributed by atoms with van der Waals surface area (Å²) < 4.78 is 19.3. The van der Waals surface area contributed by atoms with Gasteiger partial charge in [0.2, 0.25) is 0 Å². The highest BCUT2D eigenvalue weighted by Crippen LogP contribution is 2.49. The lowest BCUT2D eigenvalue weighted by molar-refractivity contribution is 0.0529. The summed E-state index contributed by atoms with van der Waals surface area (Å²) in [6, 6.07) is 6.93. The number of benzene rings is 1. The molecule has 1 aromatic carbocycles. The standard InChI is InChI=1S/C20H31FN4O2.HI/c1-5-22-17(23-12-13-24-18(26)27-19(2,3)4)25-14-20(10-11-20)15-8-6-7-9-16(15)21;/h6-9H,5,10-14H2,1-4H3,(H,24,26)(H2,22,23,25);1H. The van der Waals surface area contributed by atoms with Crippen molar-refractivity contribution >= 4 is 36.0 Å². The Morgan fingerprint density at radius 3 is 2.39 bits per heavy atom. The van der Waals surface area contributed by atoms with Crippen molar-refractivity contribution in [3.8, 4) is 0 Å². The number of rotatable bonds is 7. The number of guanidine groups is 1. The Bertz CT molecular complexity index is 672. The fourth-order valence-corrected chi connectivity index (χ4v) is 2.79. The predicted molar refractivity (Wildman–Crippen MR) is 121 cm³/mol. The first-order chi connectivity index (χ1) is 12.8. The van der Waals surface area contributed by atoms with Crippen LogP contribution >= 0.6 is 24.0 Å². The van der Waals surface area contributed by atoms with Gasteiger partial charge >= 0.3 is 6.09 Å². The molecule has 0 bridgehead atoms. The van der Waals surface area contributed by atoms with Gasteiger partial charge in [-0.1, -0.05) is 18.2 Å². The van der Waals surface area contributed by atoms with Gasteiger partial charge in [-0.25, -0.2) is 9.18 Å². The van der Waals surface area contributed by atoms with Crippen molar-refractivity contribution in [2.24, 2.45) is 4.99 Å². The van der Waals surface area contributed by atoms with Crippen molar-refractivity contribution in [2.45, 2.75) is 51.6 Å². The fourth-order valence-electron chi connectivity index (χ4n) is 2.79. The van der Waals surface area contributed by atoms with Crippen molar-refractivity contribution in [3.63, 3.8) is 0 Å². The van der Waals surface area contributed by atoms with E-state index in [1.165, 1.54) is 6.07 Å². The van der Waals surface area contributed by atoms with Crippen LogP contribution in [-0.2, 0) is 10.2 Å². The quantitative estimate of drug-likeness (QED) is 0.229. The van der Waals surface area contributed by atoms with Gasteiger partial charge in [0.25, 0.3) is 0 Å². The summed E-state index contributed by atoms with van der Waals surface area (Å²) in [6.07, 6.45) is 1.44. The molecule has 0 saturated heterocycles. The number of carbonyl (C=O) groups excluding carboxylic acids is 1. The van der Waals surface area contributed by atoms with Gasteiger partial charge in [0, 0.05) is 25.0 Å². The molecular formula is C20H32FIN4O2. The van der Waals surface area contributed by atoms with E-state index in [9.17, 15) is 9.18 Å². The maximum atomic E-state index is 14.1. The summed E-state index contributed by atoms with van der Waals surface area (Å²) in [5.41, 5.74) is 0.0398. The fraction of sp³-hybridized carbons (Fsp3) is 0.600. The Morgan fingerprint density at radius 1 is 1.18 bits per heavy atom. The average molecular weight is 506 g/mol. The van der Waals surface area contributed by atoms with Crippen LogP contribution in [0.1, 0.15) is 46.1 Å². The maximum Gasteiger partial charge on any atom is 0.407 e. The van der Waals surface area contributed by atoms with Crippen molar-refractivity contribution in [3.05, 3.63) is 35.6 Å². The van der Waals surface area contributed by atoms with E-state index in [4.69, 9.17) is 4.74 Å². The minimum absolute atomic E-state index is 0. The predicted octanol–water partition coefficient (Wildman–Crippen LogP) is 3.56. The van der Waals surface area contributed by atoms with Gasteiger partial charge in [0.15, 0.2) is 5.96 Å². The number of halogens is 2. The minimum Gasteiger partial charge on any atom is -0.444 e. The van der Waals surface area contributed by atoms with Crippen LogP contribution in [0.4, 0.5) is 9.18 Å². The second-order valence-electron chi connectivity index (χ2n) is 7.81. The molecule has 1 aliphatic rings. The van der Waals surface area contributed by atoms with Gasteiger partial charge in [-0.2, -0.15) is 0 Å². The number of carbonyl (C=O) groups is 1. The molecule has 158 valence electrons. The summed E-state index contributed by atoms with van der Waals surface area (Å²) in [4.78, 5) is 16.3. The highest BCUT2D eigenvalue weighted by molar-refractivity contribution is 14.0. The van der Waals surface area contributed by atoms with E-state index in [-0.39, 0.29) is 35.2 Å². The van der Waals surface area contributed by atoms with Crippen molar-refractivity contribution < 1.29 is 13.9 Å². The van der Waals surface area contributed by atoms with Crippen LogP contribution in [0.5, 0.6) is 0 Å². The molecule has 0 radical (unpaired) electrons. The third-order valence-electron chi connectivity index (χ3n) is 4.27. The molecule has 1 aromatic rings. The Balaban J connectivity index is 0.00000392. The van der Waals surface area contributed by atoms with Gasteiger partial charge in [-0.3, -0.25) is 4.99 Å². The van der Waals surface area contributed by atoms with E-state index in [0.29, 0.717) is 25.6 Å². The molecule has 0 atom stereocenters. The van der Waals surface area contributed by atoms with Crippen molar-refractivity contribution in [1.82, 2.24) is 16.0 Å². The molecule has 0 heterocycles. The highest BCUT2D eigenvalue weighted by atomic mass is 127. The van der Waals surface area contributed by atoms with E-state index < -0.39 is 11.7 Å². The van der Waals surface area contributed by atoms with Gasteiger partial charge in [0.05, 0.1) is 6.54 Å². The molecule has 28 heavy (non-hydrogen) atoms. The number of hydrogen-bond acceptors (Lipinski definition) is 3. The van der Waals surface area contributed by atoms with E-state index in [0.717, 1.165) is 24.9 Å². The van der Waals surface area contributed by atoms with Crippen LogP contribution < -0.4 is 16.0 Å². The topological polar surface area (TPSA) is 74.8 Å². The lowest BCUT2D eigenvalue weighted by atomic mass is 9.95. The zero-order chi connectivity index (χ0) is 19.9. The minimum atomic E-state index is -0.515. The van der Waals surface area contributed by atoms with E-state index >= 15 is 0 Å². The third kappa shape index (κ3) is 7.81. The summed E-state index contributed by atoms with van der Waals surface area (Å²) >= 11 is 0. The monoisotopic (exact) mass is 506 g/mol. The van der Waals surface area contributed by atoms with Crippen LogP contribution in [0.25, 0.3) is 0 Å². The van der Waals surface area contributed by atoms with Gasteiger partial charge in [-0.05, 0) is 52.2 Å². The summed E-state index contributed by atoms with van der Waals surface area (Å²) in [5, 5.41) is 9.06. The zero-order valence-corrected chi connectivity index (χ0v) is 19.4. The number of hydrogen-bond donors (Lipinski definition) is 3. The number of alkyl carbamates (subject to hydrolysis) is 1. The maximum absolute atomic E-state index is 14.1. The van der Waals surface area contributed by atoms with Crippen molar-refractivity contribution in [1.29, 1.82) is 0 Å². The van der Waals surface area contributed by atoms with Crippen LogP contribution in [0, 0.1) is 5.82 Å². The Morgan fingerprint density at radius 2 is 1.82 bits per heavy atom. The largest absolute Gasteiger partial charge is 0.444 e. The highest BCUT2D eigenvalue weighted by Gasteiger charge is 2.45. The van der Waals surface area contributed by atoms with Gasteiger partial charge < -0.3 is 20.7 Å². The summed E-state index contributed by atoms with van der Waals surface area (Å²) in [5.74, 6) is 0.496. The van der Waals surface area contributed by atoms with Gasteiger partial charge in [0.1, 0.15) is 11.4 Å². The molecule has 0 aliphatic heterocycles. The Labute approximate surface area is 184 Å². The molecule has 0 spiro atoms. The zero-order valence-electron chi connectivity index (χ0n) is 17.1. The number of nitrogens with one attached hydrogen (secondary N) is 3. The second kappa shape index (κ2) is 10.8. The molecule has 1 amide bonds. The SMILES string of the molecule is CCNC(=NCC1(c2ccccc2F)CC1)NCCNC(=O)OC(C)(C)C.I. The summed E-state index contributed by atoms with van der Waals surface area (Å²) in [7, 11) is 0. The van der Waals surface area contributed by atoms with Crippen LogP contribution in [0.15, 0.2) is 29.3 Å². The second-order valence-corrected chi connectivity index (χ2v) is 7.81. The third-order valence-corrected chi connectivity index (χ3v) is 4.27. The molecule has 1 saturated carbocycles. The lowest BCUT2D eigenvalue weighted by Crippen LogP contribution is -2.42. The molecule has 6 nitrogen and oxygen atoms in total. The van der Waals surface area contributed by atoms with E-state index in [1.54, 1.807) is 6.07 Å². The van der Waals surface area contributed by atoms with Gasteiger partial charge in [-0.15, -0.1) is 24.0 Å². The molecule has 8 heteroatoms. The number of amides is 1. The smallest absolute Gasteiger partial charge is 0.407 e. The number of nitrogens with zero attached hydrogens (tertiary/aromatic N) is 1. The number of aliphatic imine (C=N–C) groups is 1.